The van der Waals surface area contributed by atoms with Gasteiger partial charge in [-0.25, -0.2) is 0 Å². The monoisotopic (exact) mass is 263 g/mol. The van der Waals surface area contributed by atoms with Gasteiger partial charge in [0.1, 0.15) is 5.75 Å². The first kappa shape index (κ1) is 13.3. The Morgan fingerprint density at radius 3 is 2.26 bits per heavy atom. The first-order chi connectivity index (χ1) is 9.16. The predicted octanol–water partition coefficient (Wildman–Crippen LogP) is 4.46. The fraction of sp³-hybridized carbons (Fsp3) is 0.200. The van der Waals surface area contributed by atoms with Crippen molar-refractivity contribution in [1.82, 2.24) is 0 Å². The lowest BCUT2D eigenvalue weighted by atomic mass is 10.1. The number of anilines is 1. The van der Waals surface area contributed by atoms with Gasteiger partial charge in [-0.3, -0.25) is 0 Å². The van der Waals surface area contributed by atoms with Gasteiger partial charge in [0.05, 0.1) is 6.04 Å². The van der Waals surface area contributed by atoms with E-state index < -0.39 is 6.61 Å². The van der Waals surface area contributed by atoms with E-state index in [2.05, 4.69) is 10.1 Å². The number of hydrogen-bond donors (Lipinski definition) is 1. The predicted molar refractivity (Wildman–Crippen MR) is 71.6 cm³/mol. The maximum absolute atomic E-state index is 12.3. The van der Waals surface area contributed by atoms with Crippen LogP contribution in [0.15, 0.2) is 54.6 Å². The Kier molecular flexibility index (Phi) is 4.34. The van der Waals surface area contributed by atoms with Gasteiger partial charge in [-0.2, -0.15) is 8.78 Å². The van der Waals surface area contributed by atoms with E-state index in [1.807, 2.05) is 37.3 Å². The SMILES string of the molecule is CC(Nc1ccccc1)c1ccccc1OC(F)F. The van der Waals surface area contributed by atoms with Crippen molar-refractivity contribution in [2.75, 3.05) is 5.32 Å². The maximum atomic E-state index is 12.3. The fourth-order valence-electron chi connectivity index (χ4n) is 1.90. The molecule has 2 aromatic carbocycles. The van der Waals surface area contributed by atoms with Gasteiger partial charge in [0.2, 0.25) is 0 Å². The number of alkyl halides is 2. The lowest BCUT2D eigenvalue weighted by Gasteiger charge is -2.19. The van der Waals surface area contributed by atoms with Gasteiger partial charge in [0, 0.05) is 11.3 Å². The van der Waals surface area contributed by atoms with Crippen LogP contribution < -0.4 is 10.1 Å². The van der Waals surface area contributed by atoms with E-state index in [1.54, 1.807) is 24.3 Å². The molecule has 1 unspecified atom stereocenters. The van der Waals surface area contributed by atoms with Crippen molar-refractivity contribution in [2.45, 2.75) is 19.6 Å². The molecule has 0 aliphatic heterocycles. The van der Waals surface area contributed by atoms with Gasteiger partial charge in [0.15, 0.2) is 0 Å². The van der Waals surface area contributed by atoms with E-state index in [-0.39, 0.29) is 11.8 Å². The second-order valence-corrected chi connectivity index (χ2v) is 4.15. The topological polar surface area (TPSA) is 21.3 Å². The van der Waals surface area contributed by atoms with Gasteiger partial charge in [-0.05, 0) is 25.1 Å². The van der Waals surface area contributed by atoms with Crippen LogP contribution in [0.5, 0.6) is 5.75 Å². The Labute approximate surface area is 111 Å². The van der Waals surface area contributed by atoms with Gasteiger partial charge in [-0.15, -0.1) is 0 Å². The highest BCUT2D eigenvalue weighted by Gasteiger charge is 2.14. The lowest BCUT2D eigenvalue weighted by Crippen LogP contribution is -2.10. The van der Waals surface area contributed by atoms with Crippen LogP contribution in [0.3, 0.4) is 0 Å². The Bertz CT molecular complexity index is 517. The van der Waals surface area contributed by atoms with Crippen molar-refractivity contribution in [3.8, 4) is 5.75 Å². The first-order valence-corrected chi connectivity index (χ1v) is 6.02. The zero-order valence-corrected chi connectivity index (χ0v) is 10.5. The minimum absolute atomic E-state index is 0.127. The van der Waals surface area contributed by atoms with Gasteiger partial charge in [-0.1, -0.05) is 36.4 Å². The molecule has 0 amide bonds. The molecule has 0 saturated carbocycles. The van der Waals surface area contributed by atoms with Gasteiger partial charge >= 0.3 is 6.61 Å². The van der Waals surface area contributed by atoms with Crippen LogP contribution in [0, 0.1) is 0 Å². The van der Waals surface area contributed by atoms with E-state index >= 15 is 0 Å². The van der Waals surface area contributed by atoms with Gasteiger partial charge < -0.3 is 10.1 Å². The lowest BCUT2D eigenvalue weighted by molar-refractivity contribution is -0.0505. The quantitative estimate of drug-likeness (QED) is 0.859. The third-order valence-corrected chi connectivity index (χ3v) is 2.76. The smallest absolute Gasteiger partial charge is 0.387 e. The summed E-state index contributed by atoms with van der Waals surface area (Å²) in [7, 11) is 0. The summed E-state index contributed by atoms with van der Waals surface area (Å²) in [5, 5.41) is 3.25. The summed E-state index contributed by atoms with van der Waals surface area (Å²) in [6.07, 6.45) is 0. The van der Waals surface area contributed by atoms with Crippen molar-refractivity contribution in [3.63, 3.8) is 0 Å². The Hall–Kier alpha value is -2.10. The minimum atomic E-state index is -2.81. The molecule has 2 nitrogen and oxygen atoms in total. The average Bonchev–Trinajstić information content (AvgIpc) is 2.39. The molecule has 0 heterocycles. The molecule has 0 aliphatic rings. The summed E-state index contributed by atoms with van der Waals surface area (Å²) < 4.78 is 29.2. The molecule has 19 heavy (non-hydrogen) atoms. The maximum Gasteiger partial charge on any atom is 0.387 e. The normalized spacial score (nSPS) is 12.2. The van der Waals surface area contributed by atoms with Crippen molar-refractivity contribution in [1.29, 1.82) is 0 Å². The fourth-order valence-corrected chi connectivity index (χ4v) is 1.90. The molecule has 0 aliphatic carbocycles. The molecule has 2 aromatic rings. The highest BCUT2D eigenvalue weighted by molar-refractivity contribution is 5.47. The number of para-hydroxylation sites is 2. The first-order valence-electron chi connectivity index (χ1n) is 6.02. The summed E-state index contributed by atoms with van der Waals surface area (Å²) in [6.45, 7) is -0.911. The third kappa shape index (κ3) is 3.68. The summed E-state index contributed by atoms with van der Waals surface area (Å²) in [4.78, 5) is 0. The summed E-state index contributed by atoms with van der Waals surface area (Å²) >= 11 is 0. The molecule has 0 fully saturated rings. The molecule has 0 aromatic heterocycles. The standard InChI is InChI=1S/C15H15F2NO/c1-11(18-12-7-3-2-4-8-12)13-9-5-6-10-14(13)19-15(16)17/h2-11,15,18H,1H3. The van der Waals surface area contributed by atoms with Crippen LogP contribution >= 0.6 is 0 Å². The molecular weight excluding hydrogens is 248 g/mol. The number of rotatable bonds is 5. The molecule has 0 bridgehead atoms. The molecule has 4 heteroatoms. The summed E-state index contributed by atoms with van der Waals surface area (Å²) in [5.41, 5.74) is 1.63. The molecule has 0 saturated heterocycles. The summed E-state index contributed by atoms with van der Waals surface area (Å²) in [6, 6.07) is 16.3. The van der Waals surface area contributed by atoms with Crippen LogP contribution in [0.4, 0.5) is 14.5 Å². The average molecular weight is 263 g/mol. The van der Waals surface area contributed by atoms with Crippen molar-refractivity contribution in [3.05, 3.63) is 60.2 Å². The number of halogens is 2. The van der Waals surface area contributed by atoms with E-state index in [0.717, 1.165) is 5.69 Å². The Morgan fingerprint density at radius 2 is 1.58 bits per heavy atom. The molecule has 0 radical (unpaired) electrons. The van der Waals surface area contributed by atoms with Crippen LogP contribution in [0.1, 0.15) is 18.5 Å². The largest absolute Gasteiger partial charge is 0.434 e. The van der Waals surface area contributed by atoms with Crippen molar-refractivity contribution >= 4 is 5.69 Å². The molecule has 2 rings (SSSR count). The van der Waals surface area contributed by atoms with E-state index in [0.29, 0.717) is 5.56 Å². The molecular formula is C15H15F2NO. The Balaban J connectivity index is 2.16. The van der Waals surface area contributed by atoms with Crippen molar-refractivity contribution in [2.24, 2.45) is 0 Å². The van der Waals surface area contributed by atoms with E-state index in [4.69, 9.17) is 0 Å². The summed E-state index contributed by atoms with van der Waals surface area (Å²) in [5.74, 6) is 0.202. The zero-order valence-electron chi connectivity index (χ0n) is 10.5. The zero-order chi connectivity index (χ0) is 13.7. The molecule has 1 atom stereocenters. The van der Waals surface area contributed by atoms with Crippen molar-refractivity contribution < 1.29 is 13.5 Å². The van der Waals surface area contributed by atoms with Crippen LogP contribution in [-0.2, 0) is 0 Å². The number of ether oxygens (including phenoxy) is 1. The number of hydrogen-bond acceptors (Lipinski definition) is 2. The van der Waals surface area contributed by atoms with Crippen LogP contribution in [0.25, 0.3) is 0 Å². The highest BCUT2D eigenvalue weighted by Crippen LogP contribution is 2.28. The second kappa shape index (κ2) is 6.18. The molecule has 0 spiro atoms. The molecule has 1 N–H and O–H groups in total. The van der Waals surface area contributed by atoms with E-state index in [1.165, 1.54) is 0 Å². The number of nitrogens with one attached hydrogen (secondary N) is 1. The highest BCUT2D eigenvalue weighted by atomic mass is 19.3. The second-order valence-electron chi connectivity index (χ2n) is 4.15. The Morgan fingerprint density at radius 1 is 0.947 bits per heavy atom. The van der Waals surface area contributed by atoms with Gasteiger partial charge in [0.25, 0.3) is 0 Å². The van der Waals surface area contributed by atoms with Crippen LogP contribution in [-0.4, -0.2) is 6.61 Å². The van der Waals surface area contributed by atoms with E-state index in [9.17, 15) is 8.78 Å². The number of benzene rings is 2. The minimum Gasteiger partial charge on any atom is -0.434 e. The third-order valence-electron chi connectivity index (χ3n) is 2.76. The molecule has 100 valence electrons. The van der Waals surface area contributed by atoms with Crippen LogP contribution in [0.2, 0.25) is 0 Å².